The highest BCUT2D eigenvalue weighted by atomic mass is 16.7. The molecule has 3 atom stereocenters. The molecule has 0 unspecified atom stereocenters. The number of carbonyl (C=O) groups is 3. The van der Waals surface area contributed by atoms with Gasteiger partial charge in [0.1, 0.15) is 11.9 Å². The van der Waals surface area contributed by atoms with Crippen molar-refractivity contribution < 1.29 is 38.4 Å². The van der Waals surface area contributed by atoms with E-state index in [9.17, 15) is 19.5 Å². The number of carbonyl (C=O) groups excluding carboxylic acids is 3. The fourth-order valence-corrected chi connectivity index (χ4v) is 5.06. The van der Waals surface area contributed by atoms with E-state index in [-0.39, 0.29) is 61.3 Å². The molecule has 0 fully saturated rings. The molecule has 3 aromatic carbocycles. The average Bonchev–Trinajstić information content (AvgIpc) is 3.51. The Labute approximate surface area is 261 Å². The van der Waals surface area contributed by atoms with E-state index in [0.717, 1.165) is 0 Å². The van der Waals surface area contributed by atoms with Crippen molar-refractivity contribution in [3.05, 3.63) is 66.2 Å². The molecule has 4 N–H and O–H groups in total. The molecule has 0 saturated carbocycles. The number of nitrogens with zero attached hydrogens (tertiary/aromatic N) is 2. The molecule has 2 heterocycles. The summed E-state index contributed by atoms with van der Waals surface area (Å²) in [7, 11) is 3.22. The Morgan fingerprint density at radius 2 is 1.78 bits per heavy atom. The molecule has 0 bridgehead atoms. The highest BCUT2D eigenvalue weighted by molar-refractivity contribution is 6.04. The number of aliphatic hydroxyl groups is 1. The van der Waals surface area contributed by atoms with Crippen molar-refractivity contribution in [2.45, 2.75) is 26.0 Å². The van der Waals surface area contributed by atoms with Gasteiger partial charge in [-0.2, -0.15) is 0 Å². The molecular weight excluding hydrogens is 582 g/mol. The zero-order valence-corrected chi connectivity index (χ0v) is 25.5. The molecule has 13 heteroatoms. The number of nitrogens with one attached hydrogen (secondary N) is 3. The number of likely N-dealkylation sites (N-methyl/N-ethyl adjacent to an activating group) is 1. The van der Waals surface area contributed by atoms with E-state index in [2.05, 4.69) is 16.0 Å². The van der Waals surface area contributed by atoms with Crippen LogP contribution in [0.4, 0.5) is 26.7 Å². The lowest BCUT2D eigenvalue weighted by molar-refractivity contribution is 0.0373. The molecule has 238 valence electrons. The summed E-state index contributed by atoms with van der Waals surface area (Å²) in [4.78, 5) is 43.1. The van der Waals surface area contributed by atoms with Crippen LogP contribution in [-0.2, 0) is 0 Å². The summed E-state index contributed by atoms with van der Waals surface area (Å²) in [5.41, 5.74) is 1.56. The smallest absolute Gasteiger partial charge is 0.323 e. The predicted molar refractivity (Wildman–Crippen MR) is 167 cm³/mol. The standard InChI is InChI=1S/C32H37N5O8/c1-19-15-37(20(2)17-38)30(39)24-6-5-7-25(35-31(40)33-22-10-13-26-27(14-22)44-18-43-26)29(24)45-28(19)16-36(3)32(41)34-21-8-11-23(42-4)12-9-21/h5-14,19-20,28,38H,15-18H2,1-4H3,(H,34,41)(H2,33,35,40)/t19-,20-,28+/m1/s1. The number of aliphatic hydroxyl groups excluding tert-OH is 1. The first-order valence-electron chi connectivity index (χ1n) is 14.5. The van der Waals surface area contributed by atoms with Crippen LogP contribution in [0.25, 0.3) is 0 Å². The van der Waals surface area contributed by atoms with Gasteiger partial charge in [-0.1, -0.05) is 13.0 Å². The Hall–Kier alpha value is -5.17. The van der Waals surface area contributed by atoms with Crippen LogP contribution in [0.15, 0.2) is 60.7 Å². The minimum Gasteiger partial charge on any atom is -0.497 e. The zero-order valence-electron chi connectivity index (χ0n) is 25.5. The summed E-state index contributed by atoms with van der Waals surface area (Å²) in [6.45, 7) is 3.99. The van der Waals surface area contributed by atoms with E-state index in [1.54, 1.807) is 86.6 Å². The summed E-state index contributed by atoms with van der Waals surface area (Å²) < 4.78 is 22.4. The molecular formula is C32H37N5O8. The first-order valence-corrected chi connectivity index (χ1v) is 14.5. The molecule has 5 rings (SSSR count). The summed E-state index contributed by atoms with van der Waals surface area (Å²) in [5.74, 6) is 1.33. The maximum Gasteiger partial charge on any atom is 0.323 e. The SMILES string of the molecule is COc1ccc(NC(=O)N(C)C[C@@H]2Oc3c(NC(=O)Nc4ccc5c(c4)OCO5)cccc3C(=O)N([C@H](C)CO)C[C@H]2C)cc1. The molecule has 2 aliphatic heterocycles. The van der Waals surface area contributed by atoms with Gasteiger partial charge in [0.15, 0.2) is 17.2 Å². The van der Waals surface area contributed by atoms with E-state index in [1.807, 2.05) is 6.92 Å². The number of hydrogen-bond donors (Lipinski definition) is 4. The minimum absolute atomic E-state index is 0.107. The van der Waals surface area contributed by atoms with Gasteiger partial charge in [0.2, 0.25) is 6.79 Å². The van der Waals surface area contributed by atoms with Gasteiger partial charge in [0, 0.05) is 37.0 Å². The van der Waals surface area contributed by atoms with E-state index in [0.29, 0.717) is 28.6 Å². The normalized spacial score (nSPS) is 17.6. The molecule has 0 radical (unpaired) electrons. The second kappa shape index (κ2) is 13.6. The van der Waals surface area contributed by atoms with Crippen LogP contribution in [0.5, 0.6) is 23.0 Å². The molecule has 5 amide bonds. The number of rotatable bonds is 8. The summed E-state index contributed by atoms with van der Waals surface area (Å²) in [5, 5.41) is 18.4. The average molecular weight is 620 g/mol. The van der Waals surface area contributed by atoms with Crippen molar-refractivity contribution in [3.8, 4) is 23.0 Å². The van der Waals surface area contributed by atoms with Crippen LogP contribution >= 0.6 is 0 Å². The quantitative estimate of drug-likeness (QED) is 0.289. The van der Waals surface area contributed by atoms with Gasteiger partial charge in [-0.3, -0.25) is 4.79 Å². The Morgan fingerprint density at radius 3 is 2.51 bits per heavy atom. The van der Waals surface area contributed by atoms with E-state index in [1.165, 1.54) is 4.90 Å². The Bertz CT molecular complexity index is 1550. The molecule has 0 aromatic heterocycles. The first kappa shape index (κ1) is 31.3. The number of para-hydroxylation sites is 1. The molecule has 0 spiro atoms. The number of urea groups is 2. The highest BCUT2D eigenvalue weighted by Gasteiger charge is 2.35. The Morgan fingerprint density at radius 1 is 1.04 bits per heavy atom. The maximum atomic E-state index is 13.8. The van der Waals surface area contributed by atoms with Gasteiger partial charge in [-0.05, 0) is 55.5 Å². The minimum atomic E-state index is -0.586. The van der Waals surface area contributed by atoms with Crippen LogP contribution in [-0.4, -0.2) is 85.7 Å². The number of benzene rings is 3. The van der Waals surface area contributed by atoms with E-state index < -0.39 is 18.2 Å². The van der Waals surface area contributed by atoms with E-state index in [4.69, 9.17) is 18.9 Å². The summed E-state index contributed by atoms with van der Waals surface area (Å²) in [6.07, 6.45) is -0.586. The lowest BCUT2D eigenvalue weighted by Gasteiger charge is -2.38. The summed E-state index contributed by atoms with van der Waals surface area (Å²) in [6, 6.07) is 15.5. The maximum absolute atomic E-state index is 13.8. The van der Waals surface area contributed by atoms with Crippen LogP contribution in [0, 0.1) is 5.92 Å². The predicted octanol–water partition coefficient (Wildman–Crippen LogP) is 4.45. The molecule has 2 aliphatic rings. The number of methoxy groups -OCH3 is 1. The Kier molecular flexibility index (Phi) is 9.48. The van der Waals surface area contributed by atoms with Gasteiger partial charge in [0.25, 0.3) is 5.91 Å². The fourth-order valence-electron chi connectivity index (χ4n) is 5.06. The largest absolute Gasteiger partial charge is 0.497 e. The zero-order chi connectivity index (χ0) is 32.1. The van der Waals surface area contributed by atoms with Gasteiger partial charge in [-0.15, -0.1) is 0 Å². The summed E-state index contributed by atoms with van der Waals surface area (Å²) >= 11 is 0. The van der Waals surface area contributed by atoms with Crippen molar-refractivity contribution in [2.75, 3.05) is 56.6 Å². The molecule has 13 nitrogen and oxygen atoms in total. The van der Waals surface area contributed by atoms with Crippen LogP contribution < -0.4 is 34.9 Å². The number of amides is 5. The van der Waals surface area contributed by atoms with Gasteiger partial charge >= 0.3 is 12.1 Å². The third kappa shape index (κ3) is 7.15. The fraction of sp³-hybridized carbons (Fsp3) is 0.344. The molecule has 45 heavy (non-hydrogen) atoms. The van der Waals surface area contributed by atoms with E-state index >= 15 is 0 Å². The highest BCUT2D eigenvalue weighted by Crippen LogP contribution is 2.36. The van der Waals surface area contributed by atoms with Gasteiger partial charge in [-0.25, -0.2) is 9.59 Å². The van der Waals surface area contributed by atoms with Crippen LogP contribution in [0.2, 0.25) is 0 Å². The number of hydrogen-bond acceptors (Lipinski definition) is 8. The monoisotopic (exact) mass is 619 g/mol. The van der Waals surface area contributed by atoms with Crippen molar-refractivity contribution in [3.63, 3.8) is 0 Å². The first-order chi connectivity index (χ1) is 21.7. The van der Waals surface area contributed by atoms with Crippen molar-refractivity contribution in [2.24, 2.45) is 5.92 Å². The van der Waals surface area contributed by atoms with Crippen LogP contribution in [0.1, 0.15) is 24.2 Å². The van der Waals surface area contributed by atoms with Gasteiger partial charge < -0.3 is 49.8 Å². The number of fused-ring (bicyclic) bond motifs is 2. The third-order valence-corrected chi connectivity index (χ3v) is 7.71. The topological polar surface area (TPSA) is 151 Å². The molecule has 0 saturated heterocycles. The third-order valence-electron chi connectivity index (χ3n) is 7.71. The molecule has 3 aromatic rings. The van der Waals surface area contributed by atoms with Crippen LogP contribution in [0.3, 0.4) is 0 Å². The lowest BCUT2D eigenvalue weighted by Crippen LogP contribution is -2.50. The number of ether oxygens (including phenoxy) is 4. The number of anilines is 3. The Balaban J connectivity index is 1.38. The van der Waals surface area contributed by atoms with Crippen molar-refractivity contribution >= 4 is 35.0 Å². The second-order valence-corrected chi connectivity index (χ2v) is 11.0. The van der Waals surface area contributed by atoms with Crippen molar-refractivity contribution in [1.29, 1.82) is 0 Å². The molecule has 0 aliphatic carbocycles. The second-order valence-electron chi connectivity index (χ2n) is 11.0. The van der Waals surface area contributed by atoms with Crippen molar-refractivity contribution in [1.82, 2.24) is 9.80 Å². The van der Waals surface area contributed by atoms with Gasteiger partial charge in [0.05, 0.1) is 37.6 Å². The lowest BCUT2D eigenvalue weighted by atomic mass is 9.99.